The van der Waals surface area contributed by atoms with Crippen LogP contribution in [0.2, 0.25) is 0 Å². The molecule has 3 N–H and O–H groups in total. The number of likely N-dealkylation sites (N-methyl/N-ethyl adjacent to an activating group) is 1. The third kappa shape index (κ3) is 3.65. The lowest BCUT2D eigenvalue weighted by Gasteiger charge is -2.24. The number of nitrogens with two attached hydrogens (primary N) is 1. The molecule has 114 valence electrons. The van der Waals surface area contributed by atoms with Crippen LogP contribution in [0.25, 0.3) is 0 Å². The van der Waals surface area contributed by atoms with Gasteiger partial charge >= 0.3 is 0 Å². The molecule has 1 fully saturated rings. The SMILES string of the molecule is CN(C(=O)COc1ccccc1/C(N)=N/O)C1CCCC1. The number of benzene rings is 1. The summed E-state index contributed by atoms with van der Waals surface area (Å²) in [5.74, 6) is 0.333. The first-order valence-electron chi connectivity index (χ1n) is 7.09. The maximum atomic E-state index is 12.1. The molecular weight excluding hydrogens is 270 g/mol. The Morgan fingerprint density at radius 3 is 2.76 bits per heavy atom. The minimum atomic E-state index is -0.0591. The van der Waals surface area contributed by atoms with Gasteiger partial charge in [0, 0.05) is 13.1 Å². The Morgan fingerprint density at radius 2 is 2.10 bits per heavy atom. The maximum Gasteiger partial charge on any atom is 0.260 e. The van der Waals surface area contributed by atoms with Crippen LogP contribution in [-0.2, 0) is 4.79 Å². The van der Waals surface area contributed by atoms with Gasteiger partial charge in [-0.15, -0.1) is 0 Å². The van der Waals surface area contributed by atoms with Crippen molar-refractivity contribution in [2.75, 3.05) is 13.7 Å². The number of para-hydroxylation sites is 1. The number of ether oxygens (including phenoxy) is 1. The fraction of sp³-hybridized carbons (Fsp3) is 0.467. The van der Waals surface area contributed by atoms with Gasteiger partial charge in [-0.2, -0.15) is 0 Å². The monoisotopic (exact) mass is 291 g/mol. The molecule has 1 amide bonds. The number of hydrogen-bond acceptors (Lipinski definition) is 4. The van der Waals surface area contributed by atoms with Crippen LogP contribution in [0.1, 0.15) is 31.2 Å². The molecule has 2 rings (SSSR count). The number of hydrogen-bond donors (Lipinski definition) is 2. The second-order valence-electron chi connectivity index (χ2n) is 5.21. The number of nitrogens with zero attached hydrogens (tertiary/aromatic N) is 2. The first-order chi connectivity index (χ1) is 10.1. The Hall–Kier alpha value is -2.24. The predicted molar refractivity (Wildman–Crippen MR) is 79.5 cm³/mol. The van der Waals surface area contributed by atoms with E-state index in [1.807, 2.05) is 7.05 Å². The molecule has 6 heteroatoms. The molecule has 1 aliphatic carbocycles. The van der Waals surface area contributed by atoms with Crippen LogP contribution in [0.4, 0.5) is 0 Å². The van der Waals surface area contributed by atoms with Crippen LogP contribution in [0.3, 0.4) is 0 Å². The molecule has 0 aliphatic heterocycles. The Kier molecular flexibility index (Phi) is 5.03. The molecule has 0 aromatic heterocycles. The van der Waals surface area contributed by atoms with E-state index in [4.69, 9.17) is 15.7 Å². The molecule has 1 aliphatic rings. The predicted octanol–water partition coefficient (Wildman–Crippen LogP) is 1.56. The smallest absolute Gasteiger partial charge is 0.260 e. The maximum absolute atomic E-state index is 12.1. The summed E-state index contributed by atoms with van der Waals surface area (Å²) >= 11 is 0. The molecule has 0 spiro atoms. The van der Waals surface area contributed by atoms with Gasteiger partial charge in [-0.3, -0.25) is 4.79 Å². The molecule has 0 unspecified atom stereocenters. The molecule has 0 radical (unpaired) electrons. The highest BCUT2D eigenvalue weighted by Crippen LogP contribution is 2.23. The minimum Gasteiger partial charge on any atom is -0.483 e. The van der Waals surface area contributed by atoms with E-state index in [-0.39, 0.29) is 18.3 Å². The lowest BCUT2D eigenvalue weighted by molar-refractivity contribution is -0.134. The van der Waals surface area contributed by atoms with Crippen molar-refractivity contribution in [1.82, 2.24) is 4.90 Å². The van der Waals surface area contributed by atoms with Crippen molar-refractivity contribution >= 4 is 11.7 Å². The fourth-order valence-electron chi connectivity index (χ4n) is 2.59. The van der Waals surface area contributed by atoms with Crippen molar-refractivity contribution in [3.63, 3.8) is 0 Å². The number of rotatable bonds is 5. The summed E-state index contributed by atoms with van der Waals surface area (Å²) in [6.07, 6.45) is 4.47. The first kappa shape index (κ1) is 15.2. The van der Waals surface area contributed by atoms with Crippen molar-refractivity contribution in [3.05, 3.63) is 29.8 Å². The van der Waals surface area contributed by atoms with Crippen molar-refractivity contribution < 1.29 is 14.7 Å². The summed E-state index contributed by atoms with van der Waals surface area (Å²) < 4.78 is 5.54. The zero-order valence-corrected chi connectivity index (χ0v) is 12.2. The van der Waals surface area contributed by atoms with Crippen LogP contribution < -0.4 is 10.5 Å². The van der Waals surface area contributed by atoms with Gasteiger partial charge in [0.15, 0.2) is 12.4 Å². The van der Waals surface area contributed by atoms with E-state index in [9.17, 15) is 4.79 Å². The molecule has 0 heterocycles. The number of carbonyl (C=O) groups is 1. The van der Waals surface area contributed by atoms with Crippen molar-refractivity contribution in [2.45, 2.75) is 31.7 Å². The van der Waals surface area contributed by atoms with Crippen LogP contribution in [-0.4, -0.2) is 41.5 Å². The van der Waals surface area contributed by atoms with E-state index in [1.54, 1.807) is 29.2 Å². The van der Waals surface area contributed by atoms with E-state index in [2.05, 4.69) is 5.16 Å². The van der Waals surface area contributed by atoms with Crippen LogP contribution in [0, 0.1) is 0 Å². The third-order valence-corrected chi connectivity index (χ3v) is 3.89. The lowest BCUT2D eigenvalue weighted by atomic mass is 10.2. The Balaban J connectivity index is 1.98. The molecule has 6 nitrogen and oxygen atoms in total. The van der Waals surface area contributed by atoms with Crippen molar-refractivity contribution in [3.8, 4) is 5.75 Å². The summed E-state index contributed by atoms with van der Waals surface area (Å²) in [5.41, 5.74) is 6.05. The quantitative estimate of drug-likeness (QED) is 0.373. The third-order valence-electron chi connectivity index (χ3n) is 3.89. The summed E-state index contributed by atoms with van der Waals surface area (Å²) in [6.45, 7) is -0.0529. The molecular formula is C15H21N3O3. The van der Waals surface area contributed by atoms with Gasteiger partial charge in [0.2, 0.25) is 0 Å². The largest absolute Gasteiger partial charge is 0.483 e. The van der Waals surface area contributed by atoms with E-state index in [0.717, 1.165) is 12.8 Å². The van der Waals surface area contributed by atoms with Crippen LogP contribution >= 0.6 is 0 Å². The lowest BCUT2D eigenvalue weighted by Crippen LogP contribution is -2.38. The number of amides is 1. The highest BCUT2D eigenvalue weighted by molar-refractivity contribution is 5.99. The van der Waals surface area contributed by atoms with Gasteiger partial charge in [-0.1, -0.05) is 30.1 Å². The van der Waals surface area contributed by atoms with Gasteiger partial charge in [-0.25, -0.2) is 0 Å². The molecule has 1 aromatic rings. The highest BCUT2D eigenvalue weighted by Gasteiger charge is 2.23. The molecule has 1 saturated carbocycles. The molecule has 0 bridgehead atoms. The summed E-state index contributed by atoms with van der Waals surface area (Å²) in [5, 5.41) is 11.7. The average Bonchev–Trinajstić information content (AvgIpc) is 3.05. The zero-order valence-electron chi connectivity index (χ0n) is 12.2. The van der Waals surface area contributed by atoms with Gasteiger partial charge in [0.05, 0.1) is 5.56 Å². The minimum absolute atomic E-state index is 0.0396. The zero-order chi connectivity index (χ0) is 15.2. The first-order valence-corrected chi connectivity index (χ1v) is 7.09. The summed E-state index contributed by atoms with van der Waals surface area (Å²) in [4.78, 5) is 13.9. The molecule has 21 heavy (non-hydrogen) atoms. The topological polar surface area (TPSA) is 88.2 Å². The van der Waals surface area contributed by atoms with Crippen LogP contribution in [0.15, 0.2) is 29.4 Å². The average molecular weight is 291 g/mol. The Morgan fingerprint density at radius 1 is 1.43 bits per heavy atom. The van der Waals surface area contributed by atoms with E-state index in [0.29, 0.717) is 17.4 Å². The molecule has 0 atom stereocenters. The Labute approximate surface area is 124 Å². The second kappa shape index (κ2) is 6.97. The van der Waals surface area contributed by atoms with Gasteiger partial charge in [-0.05, 0) is 25.0 Å². The fourth-order valence-corrected chi connectivity index (χ4v) is 2.59. The normalized spacial score (nSPS) is 16.0. The van der Waals surface area contributed by atoms with Gasteiger partial charge < -0.3 is 20.6 Å². The second-order valence-corrected chi connectivity index (χ2v) is 5.21. The van der Waals surface area contributed by atoms with E-state index >= 15 is 0 Å². The molecule has 1 aromatic carbocycles. The van der Waals surface area contributed by atoms with Crippen molar-refractivity contribution in [1.29, 1.82) is 0 Å². The van der Waals surface area contributed by atoms with E-state index in [1.165, 1.54) is 12.8 Å². The summed E-state index contributed by atoms with van der Waals surface area (Å²) in [6, 6.07) is 7.22. The number of amidine groups is 1. The van der Waals surface area contributed by atoms with Crippen LogP contribution in [0.5, 0.6) is 5.75 Å². The van der Waals surface area contributed by atoms with Gasteiger partial charge in [0.1, 0.15) is 5.75 Å². The van der Waals surface area contributed by atoms with E-state index < -0.39 is 0 Å². The van der Waals surface area contributed by atoms with Gasteiger partial charge in [0.25, 0.3) is 5.91 Å². The summed E-state index contributed by atoms with van der Waals surface area (Å²) in [7, 11) is 1.82. The molecule has 0 saturated heterocycles. The standard InChI is InChI=1S/C15H21N3O3/c1-18(11-6-2-3-7-11)14(19)10-21-13-9-5-4-8-12(13)15(16)17-20/h4-5,8-9,11,20H,2-3,6-7,10H2,1H3,(H2,16,17). The Bertz CT molecular complexity index is 525. The highest BCUT2D eigenvalue weighted by atomic mass is 16.5. The van der Waals surface area contributed by atoms with Crippen molar-refractivity contribution in [2.24, 2.45) is 10.9 Å². The number of oxime groups is 1. The number of carbonyl (C=O) groups excluding carboxylic acids is 1.